The first-order valence-electron chi connectivity index (χ1n) is 16.6. The number of unbranched alkanes of at least 4 members (excludes halogenated alkanes) is 18. The number of hydrogen-bond donors (Lipinski definition) is 0. The van der Waals surface area contributed by atoms with Crippen LogP contribution in [0.15, 0.2) is 29.2 Å². The molecular weight excluding hydrogens is 582 g/mol. The van der Waals surface area contributed by atoms with Crippen molar-refractivity contribution in [1.29, 1.82) is 0 Å². The molecule has 1 aromatic rings. The monoisotopic (exact) mass is 645 g/mol. The van der Waals surface area contributed by atoms with Gasteiger partial charge < -0.3 is 9.04 Å². The lowest BCUT2D eigenvalue weighted by Crippen LogP contribution is -2.46. The smallest absolute Gasteiger partial charge is 0.124 e. The molecule has 0 aromatic heterocycles. The van der Waals surface area contributed by atoms with E-state index in [9.17, 15) is 13.0 Å². The molecule has 1 aromatic carbocycles. The standard InChI is InChI=1S/C27H57BrN.C7H8O3S/c1-4-6-8-10-12-14-16-18-20-22-25-29(3,27-24-28)26-23-21-19-17-15-13-11-9-7-5-2;1-6-2-4-7(5-3-6)11(8,9)10/h4-27H2,1-3H3;2-5H,1H3,(H,8,9,10)/q+1;/p-1. The Kier molecular flexibility index (Phi) is 25.9. The average Bonchev–Trinajstić information content (AvgIpc) is 2.91. The summed E-state index contributed by atoms with van der Waals surface area (Å²) in [5, 5.41) is 1.15. The van der Waals surface area contributed by atoms with E-state index in [4.69, 9.17) is 0 Å². The average molecular weight is 647 g/mol. The number of benzene rings is 1. The van der Waals surface area contributed by atoms with Gasteiger partial charge in [0, 0.05) is 0 Å². The van der Waals surface area contributed by atoms with Gasteiger partial charge in [0.2, 0.25) is 0 Å². The van der Waals surface area contributed by atoms with Crippen LogP contribution in [0.5, 0.6) is 0 Å². The predicted octanol–water partition coefficient (Wildman–Crippen LogP) is 10.6. The second-order valence-electron chi connectivity index (χ2n) is 12.1. The van der Waals surface area contributed by atoms with Crippen molar-refractivity contribution in [3.8, 4) is 0 Å². The number of halogens is 1. The SMILES string of the molecule is CCCCCCCCCCCC[N+](C)(CCBr)CCCCCCCCCCCC.Cc1ccc(S(=O)(=O)[O-])cc1. The molecular formula is C34H64BrNO3S. The second-order valence-corrected chi connectivity index (χ2v) is 14.3. The maximum absolute atomic E-state index is 10.4. The molecule has 236 valence electrons. The molecule has 0 N–H and O–H groups in total. The number of quaternary nitrogens is 1. The Hall–Kier alpha value is -0.430. The Morgan fingerprint density at radius 1 is 0.600 bits per heavy atom. The molecule has 0 aliphatic heterocycles. The van der Waals surface area contributed by atoms with Gasteiger partial charge in [-0.3, -0.25) is 0 Å². The van der Waals surface area contributed by atoms with Crippen LogP contribution < -0.4 is 0 Å². The summed E-state index contributed by atoms with van der Waals surface area (Å²) in [5.74, 6) is 0. The van der Waals surface area contributed by atoms with Gasteiger partial charge >= 0.3 is 0 Å². The van der Waals surface area contributed by atoms with E-state index in [1.165, 1.54) is 165 Å². The number of hydrogen-bond acceptors (Lipinski definition) is 3. The summed E-state index contributed by atoms with van der Waals surface area (Å²) in [5.41, 5.74) is 0.928. The van der Waals surface area contributed by atoms with Crippen LogP contribution >= 0.6 is 15.9 Å². The van der Waals surface area contributed by atoms with Crippen LogP contribution in [0.25, 0.3) is 0 Å². The van der Waals surface area contributed by atoms with Crippen LogP contribution in [0.1, 0.15) is 148 Å². The van der Waals surface area contributed by atoms with Gasteiger partial charge in [-0.05, 0) is 44.7 Å². The van der Waals surface area contributed by atoms with Gasteiger partial charge in [0.25, 0.3) is 0 Å². The van der Waals surface area contributed by atoms with E-state index in [2.05, 4.69) is 36.8 Å². The van der Waals surface area contributed by atoms with Crippen LogP contribution in [0.2, 0.25) is 0 Å². The molecule has 1 rings (SSSR count). The minimum atomic E-state index is -4.27. The minimum absolute atomic E-state index is 0.178. The summed E-state index contributed by atoms with van der Waals surface area (Å²) in [6, 6.07) is 5.78. The summed E-state index contributed by atoms with van der Waals surface area (Å²) in [6.07, 6.45) is 28.9. The highest BCUT2D eigenvalue weighted by atomic mass is 79.9. The van der Waals surface area contributed by atoms with Gasteiger partial charge in [0.15, 0.2) is 0 Å². The number of aryl methyl sites for hydroxylation is 1. The Bertz CT molecular complexity index is 759. The fraction of sp³-hybridized carbons (Fsp3) is 0.824. The van der Waals surface area contributed by atoms with Crippen LogP contribution in [0, 0.1) is 6.92 Å². The van der Waals surface area contributed by atoms with Gasteiger partial charge in [-0.15, -0.1) is 0 Å². The van der Waals surface area contributed by atoms with Gasteiger partial charge in [-0.25, -0.2) is 8.42 Å². The topological polar surface area (TPSA) is 57.2 Å². The van der Waals surface area contributed by atoms with Crippen molar-refractivity contribution in [2.24, 2.45) is 0 Å². The van der Waals surface area contributed by atoms with Crippen molar-refractivity contribution in [3.63, 3.8) is 0 Å². The van der Waals surface area contributed by atoms with Crippen molar-refractivity contribution in [2.45, 2.75) is 154 Å². The summed E-state index contributed by atoms with van der Waals surface area (Å²) < 4.78 is 32.5. The third-order valence-corrected chi connectivity index (χ3v) is 9.24. The zero-order chi connectivity index (χ0) is 30.0. The van der Waals surface area contributed by atoms with Gasteiger partial charge in [0.05, 0.1) is 36.9 Å². The molecule has 0 saturated heterocycles. The zero-order valence-electron chi connectivity index (χ0n) is 26.7. The first-order valence-corrected chi connectivity index (χ1v) is 19.1. The highest BCUT2D eigenvalue weighted by Gasteiger charge is 2.19. The number of alkyl halides is 1. The Balaban J connectivity index is 0.00000114. The predicted molar refractivity (Wildman–Crippen MR) is 177 cm³/mol. The van der Waals surface area contributed by atoms with Crippen LogP contribution in [0.3, 0.4) is 0 Å². The van der Waals surface area contributed by atoms with Crippen molar-refractivity contribution >= 4 is 26.0 Å². The van der Waals surface area contributed by atoms with Crippen molar-refractivity contribution in [2.75, 3.05) is 32.0 Å². The lowest BCUT2D eigenvalue weighted by Gasteiger charge is -2.34. The zero-order valence-corrected chi connectivity index (χ0v) is 29.1. The first kappa shape index (κ1) is 39.6. The Morgan fingerprint density at radius 2 is 0.925 bits per heavy atom. The lowest BCUT2D eigenvalue weighted by molar-refractivity contribution is -0.907. The third kappa shape index (κ3) is 24.2. The van der Waals surface area contributed by atoms with Crippen LogP contribution in [0.4, 0.5) is 0 Å². The molecule has 0 bridgehead atoms. The molecule has 0 spiro atoms. The third-order valence-electron chi connectivity index (χ3n) is 8.04. The van der Waals surface area contributed by atoms with E-state index < -0.39 is 10.1 Å². The molecule has 0 saturated carbocycles. The van der Waals surface area contributed by atoms with E-state index >= 15 is 0 Å². The molecule has 6 heteroatoms. The minimum Gasteiger partial charge on any atom is -0.744 e. The molecule has 0 atom stereocenters. The fourth-order valence-corrected chi connectivity index (χ4v) is 6.53. The highest BCUT2D eigenvalue weighted by molar-refractivity contribution is 9.09. The van der Waals surface area contributed by atoms with Gasteiger partial charge in [0.1, 0.15) is 10.1 Å². The quantitative estimate of drug-likeness (QED) is 0.0460. The number of rotatable bonds is 25. The molecule has 0 fully saturated rings. The normalized spacial score (nSPS) is 11.8. The van der Waals surface area contributed by atoms with Crippen LogP contribution in [-0.4, -0.2) is 49.5 Å². The molecule has 0 amide bonds. The molecule has 0 radical (unpaired) electrons. The van der Waals surface area contributed by atoms with Crippen LogP contribution in [-0.2, 0) is 10.1 Å². The highest BCUT2D eigenvalue weighted by Crippen LogP contribution is 2.16. The van der Waals surface area contributed by atoms with E-state index in [-0.39, 0.29) is 4.90 Å². The van der Waals surface area contributed by atoms with Gasteiger partial charge in [-0.2, -0.15) is 0 Å². The Morgan fingerprint density at radius 3 is 1.23 bits per heavy atom. The molecule has 40 heavy (non-hydrogen) atoms. The van der Waals surface area contributed by atoms with Gasteiger partial charge in [-0.1, -0.05) is 150 Å². The van der Waals surface area contributed by atoms with Crippen molar-refractivity contribution < 1.29 is 17.5 Å². The van der Waals surface area contributed by atoms with E-state index in [1.807, 2.05) is 6.92 Å². The lowest BCUT2D eigenvalue weighted by atomic mass is 10.1. The van der Waals surface area contributed by atoms with E-state index in [1.54, 1.807) is 12.1 Å². The van der Waals surface area contributed by atoms with Crippen molar-refractivity contribution in [3.05, 3.63) is 29.8 Å². The fourth-order valence-electron chi connectivity index (χ4n) is 5.21. The molecule has 0 aliphatic carbocycles. The summed E-state index contributed by atoms with van der Waals surface area (Å²) in [6.45, 7) is 10.5. The maximum Gasteiger partial charge on any atom is 0.124 e. The van der Waals surface area contributed by atoms with E-state index in [0.717, 1.165) is 10.9 Å². The maximum atomic E-state index is 10.4. The summed E-state index contributed by atoms with van der Waals surface area (Å²) in [4.78, 5) is -0.178. The second kappa shape index (κ2) is 26.2. The summed E-state index contributed by atoms with van der Waals surface area (Å²) >= 11 is 3.71. The first-order chi connectivity index (χ1) is 19.2. The number of nitrogens with zero attached hydrogens (tertiary/aromatic N) is 1. The molecule has 4 nitrogen and oxygen atoms in total. The van der Waals surface area contributed by atoms with Crippen molar-refractivity contribution in [1.82, 2.24) is 0 Å². The van der Waals surface area contributed by atoms with E-state index in [0.29, 0.717) is 0 Å². The molecule has 0 aliphatic rings. The largest absolute Gasteiger partial charge is 0.744 e. The molecule has 0 unspecified atom stereocenters. The Labute approximate surface area is 258 Å². The molecule has 0 heterocycles. The summed E-state index contributed by atoms with van der Waals surface area (Å²) in [7, 11) is -1.77.